The molecule has 3 aliphatic heterocycles. The predicted octanol–water partition coefficient (Wildman–Crippen LogP) is 2.21. The maximum atomic E-state index is 12.8. The van der Waals surface area contributed by atoms with E-state index >= 15 is 0 Å². The van der Waals surface area contributed by atoms with Gasteiger partial charge in [0.05, 0.1) is 29.5 Å². The van der Waals surface area contributed by atoms with Crippen molar-refractivity contribution in [1.29, 1.82) is 0 Å². The SMILES string of the molecule is CCc1nn(CCCOC(=O)C2CCSC2)c2c1C(=O)NCC1(CCOCC1)C2. The van der Waals surface area contributed by atoms with E-state index in [9.17, 15) is 9.59 Å². The van der Waals surface area contributed by atoms with E-state index in [4.69, 9.17) is 14.6 Å². The average molecular weight is 422 g/mol. The van der Waals surface area contributed by atoms with Crippen molar-refractivity contribution in [1.82, 2.24) is 15.1 Å². The maximum Gasteiger partial charge on any atom is 0.309 e. The zero-order chi connectivity index (χ0) is 20.3. The quantitative estimate of drug-likeness (QED) is 0.560. The Balaban J connectivity index is 1.44. The highest BCUT2D eigenvalue weighted by Crippen LogP contribution is 2.37. The Hall–Kier alpha value is -1.54. The lowest BCUT2D eigenvalue weighted by Crippen LogP contribution is -2.40. The minimum atomic E-state index is -0.0657. The number of hydrogen-bond acceptors (Lipinski definition) is 6. The van der Waals surface area contributed by atoms with E-state index in [0.29, 0.717) is 26.1 Å². The Kier molecular flexibility index (Phi) is 6.49. The predicted molar refractivity (Wildman–Crippen MR) is 111 cm³/mol. The number of carbonyl (C=O) groups excluding carboxylic acids is 2. The molecule has 0 aliphatic carbocycles. The van der Waals surface area contributed by atoms with Crippen LogP contribution in [0.15, 0.2) is 0 Å². The Bertz CT molecular complexity index is 751. The summed E-state index contributed by atoms with van der Waals surface area (Å²) in [6.07, 6.45) is 5.12. The zero-order valence-electron chi connectivity index (χ0n) is 17.2. The molecule has 1 spiro atoms. The Morgan fingerprint density at radius 3 is 2.97 bits per heavy atom. The number of aryl methyl sites for hydroxylation is 2. The largest absolute Gasteiger partial charge is 0.465 e. The summed E-state index contributed by atoms with van der Waals surface area (Å²) in [6, 6.07) is 0. The van der Waals surface area contributed by atoms with Crippen LogP contribution < -0.4 is 5.32 Å². The second kappa shape index (κ2) is 9.08. The lowest BCUT2D eigenvalue weighted by molar-refractivity contribution is -0.147. The van der Waals surface area contributed by atoms with Gasteiger partial charge in [0, 0.05) is 38.5 Å². The molecule has 1 aromatic heterocycles. The van der Waals surface area contributed by atoms with Gasteiger partial charge in [0.1, 0.15) is 0 Å². The fourth-order valence-corrected chi connectivity index (χ4v) is 5.79. The second-order valence-corrected chi connectivity index (χ2v) is 9.55. The summed E-state index contributed by atoms with van der Waals surface area (Å²) in [5.41, 5.74) is 2.71. The number of rotatable bonds is 6. The van der Waals surface area contributed by atoms with E-state index < -0.39 is 0 Å². The van der Waals surface area contributed by atoms with Crippen molar-refractivity contribution >= 4 is 23.6 Å². The lowest BCUT2D eigenvalue weighted by atomic mass is 9.76. The number of carbonyl (C=O) groups is 2. The van der Waals surface area contributed by atoms with Crippen molar-refractivity contribution in [3.63, 3.8) is 0 Å². The Morgan fingerprint density at radius 1 is 1.41 bits per heavy atom. The number of nitrogens with one attached hydrogen (secondary N) is 1. The molecule has 2 fully saturated rings. The molecule has 7 nitrogen and oxygen atoms in total. The Labute approximate surface area is 176 Å². The zero-order valence-corrected chi connectivity index (χ0v) is 18.0. The van der Waals surface area contributed by atoms with Gasteiger partial charge < -0.3 is 14.8 Å². The highest BCUT2D eigenvalue weighted by molar-refractivity contribution is 7.99. The molecule has 1 unspecified atom stereocenters. The average Bonchev–Trinajstić information content (AvgIpc) is 3.36. The third-order valence-corrected chi connectivity index (χ3v) is 7.60. The smallest absolute Gasteiger partial charge is 0.309 e. The van der Waals surface area contributed by atoms with Gasteiger partial charge in [-0.25, -0.2) is 0 Å². The number of nitrogens with zero attached hydrogens (tertiary/aromatic N) is 2. The summed E-state index contributed by atoms with van der Waals surface area (Å²) >= 11 is 1.82. The van der Waals surface area contributed by atoms with Gasteiger partial charge in [0.2, 0.25) is 0 Å². The molecule has 1 amide bonds. The fraction of sp³-hybridized carbons (Fsp3) is 0.762. The van der Waals surface area contributed by atoms with Crippen LogP contribution in [0.25, 0.3) is 0 Å². The normalized spacial score (nSPS) is 23.5. The highest BCUT2D eigenvalue weighted by Gasteiger charge is 2.39. The first-order valence-electron chi connectivity index (χ1n) is 10.8. The van der Waals surface area contributed by atoms with E-state index in [0.717, 1.165) is 73.8 Å². The number of ether oxygens (including phenoxy) is 2. The van der Waals surface area contributed by atoms with Crippen molar-refractivity contribution in [3.8, 4) is 0 Å². The molecule has 8 heteroatoms. The van der Waals surface area contributed by atoms with E-state index in [1.165, 1.54) is 0 Å². The highest BCUT2D eigenvalue weighted by atomic mass is 32.2. The summed E-state index contributed by atoms with van der Waals surface area (Å²) in [5, 5.41) is 7.90. The second-order valence-electron chi connectivity index (χ2n) is 8.40. The van der Waals surface area contributed by atoms with Gasteiger partial charge in [-0.1, -0.05) is 6.92 Å². The molecule has 4 rings (SSSR count). The molecule has 0 radical (unpaired) electrons. The molecule has 0 aromatic carbocycles. The summed E-state index contributed by atoms with van der Waals surface area (Å²) in [7, 11) is 0. The van der Waals surface area contributed by atoms with Gasteiger partial charge in [0.25, 0.3) is 5.91 Å². The number of esters is 1. The van der Waals surface area contributed by atoms with Crippen molar-refractivity contribution in [2.24, 2.45) is 11.3 Å². The molecule has 29 heavy (non-hydrogen) atoms. The number of thioether (sulfide) groups is 1. The van der Waals surface area contributed by atoms with Gasteiger partial charge in [-0.05, 0) is 43.3 Å². The standard InChI is InChI=1S/C21H31N3O4S/c1-2-16-18-17(12-21(14-22-19(18)25)5-9-27-10-6-21)24(23-16)7-3-8-28-20(26)15-4-11-29-13-15/h15H,2-14H2,1H3,(H,22,25). The van der Waals surface area contributed by atoms with Gasteiger partial charge in [-0.3, -0.25) is 14.3 Å². The molecule has 1 N–H and O–H groups in total. The monoisotopic (exact) mass is 421 g/mol. The van der Waals surface area contributed by atoms with Crippen LogP contribution in [0.3, 0.4) is 0 Å². The number of aromatic nitrogens is 2. The van der Waals surface area contributed by atoms with Gasteiger partial charge in [0.15, 0.2) is 0 Å². The first kappa shape index (κ1) is 20.7. The van der Waals surface area contributed by atoms with Crippen LogP contribution >= 0.6 is 11.8 Å². The van der Waals surface area contributed by atoms with Gasteiger partial charge in [-0.15, -0.1) is 0 Å². The first-order valence-corrected chi connectivity index (χ1v) is 12.0. The van der Waals surface area contributed by atoms with Crippen LogP contribution in [0.1, 0.15) is 54.4 Å². The molecule has 1 atom stereocenters. The summed E-state index contributed by atoms with van der Waals surface area (Å²) in [5.74, 6) is 1.92. The molecule has 4 heterocycles. The van der Waals surface area contributed by atoms with E-state index in [1.807, 2.05) is 23.4 Å². The molecule has 0 bridgehead atoms. The van der Waals surface area contributed by atoms with Crippen LogP contribution in [0.4, 0.5) is 0 Å². The van der Waals surface area contributed by atoms with Crippen LogP contribution in [0.2, 0.25) is 0 Å². The third kappa shape index (κ3) is 4.48. The molecule has 2 saturated heterocycles. The fourth-order valence-electron chi connectivity index (χ4n) is 4.58. The van der Waals surface area contributed by atoms with E-state index in [1.54, 1.807) is 0 Å². The lowest BCUT2D eigenvalue weighted by Gasteiger charge is -2.36. The summed E-state index contributed by atoms with van der Waals surface area (Å²) < 4.78 is 13.1. The third-order valence-electron chi connectivity index (χ3n) is 6.43. The van der Waals surface area contributed by atoms with Crippen molar-refractivity contribution in [2.75, 3.05) is 37.9 Å². The van der Waals surface area contributed by atoms with Gasteiger partial charge in [-0.2, -0.15) is 16.9 Å². The van der Waals surface area contributed by atoms with Crippen LogP contribution in [-0.4, -0.2) is 59.5 Å². The van der Waals surface area contributed by atoms with Gasteiger partial charge >= 0.3 is 5.97 Å². The maximum absolute atomic E-state index is 12.8. The molecule has 1 aromatic rings. The van der Waals surface area contributed by atoms with Crippen LogP contribution in [-0.2, 0) is 33.7 Å². The molecule has 0 saturated carbocycles. The molecular formula is C21H31N3O4S. The number of fused-ring (bicyclic) bond motifs is 1. The molecule has 3 aliphatic rings. The first-order chi connectivity index (χ1) is 14.1. The number of amides is 1. The van der Waals surface area contributed by atoms with E-state index in [2.05, 4.69) is 5.32 Å². The topological polar surface area (TPSA) is 82.5 Å². The van der Waals surface area contributed by atoms with Crippen LogP contribution in [0, 0.1) is 11.3 Å². The van der Waals surface area contributed by atoms with Crippen molar-refractivity contribution < 1.29 is 19.1 Å². The van der Waals surface area contributed by atoms with Crippen molar-refractivity contribution in [3.05, 3.63) is 17.0 Å². The molecule has 160 valence electrons. The Morgan fingerprint density at radius 2 is 2.24 bits per heavy atom. The summed E-state index contributed by atoms with van der Waals surface area (Å²) in [4.78, 5) is 24.9. The minimum Gasteiger partial charge on any atom is -0.465 e. The number of hydrogen-bond donors (Lipinski definition) is 1. The van der Waals surface area contributed by atoms with Crippen LogP contribution in [0.5, 0.6) is 0 Å². The van der Waals surface area contributed by atoms with Crippen molar-refractivity contribution in [2.45, 2.75) is 52.0 Å². The molecular weight excluding hydrogens is 390 g/mol. The summed E-state index contributed by atoms with van der Waals surface area (Å²) in [6.45, 7) is 5.29. The minimum absolute atomic E-state index is 0.00312. The van der Waals surface area contributed by atoms with E-state index in [-0.39, 0.29) is 23.2 Å².